The van der Waals surface area contributed by atoms with Gasteiger partial charge in [0.1, 0.15) is 0 Å². The van der Waals surface area contributed by atoms with Gasteiger partial charge in [-0.3, -0.25) is 0 Å². The fraction of sp³-hybridized carbons (Fsp3) is 0.909. The van der Waals surface area contributed by atoms with Crippen LogP contribution >= 0.6 is 0 Å². The molecule has 0 aliphatic rings. The molecule has 0 aromatic heterocycles. The predicted octanol–water partition coefficient (Wildman–Crippen LogP) is 3.52. The first-order valence-electron chi connectivity index (χ1n) is 5.21. The number of hydrogen-bond acceptors (Lipinski definition) is 2. The maximum absolute atomic E-state index is 5.31. The van der Waals surface area contributed by atoms with Crippen LogP contribution in [0.1, 0.15) is 53.4 Å². The van der Waals surface area contributed by atoms with E-state index in [1.165, 1.54) is 12.8 Å². The molecule has 0 fully saturated rings. The minimum Gasteiger partial charge on any atom is -0.236 e. The summed E-state index contributed by atoms with van der Waals surface area (Å²) >= 11 is 0. The van der Waals surface area contributed by atoms with Crippen molar-refractivity contribution in [1.82, 2.24) is 0 Å². The highest BCUT2D eigenvalue weighted by molar-refractivity contribution is 4.65. The molecule has 0 bridgehead atoms. The molecular formula is C11H23O2. The predicted molar refractivity (Wildman–Crippen MR) is 55.2 cm³/mol. The van der Waals surface area contributed by atoms with Gasteiger partial charge < -0.3 is 0 Å². The van der Waals surface area contributed by atoms with Crippen LogP contribution in [0.15, 0.2) is 0 Å². The summed E-state index contributed by atoms with van der Waals surface area (Å²) in [5.41, 5.74) is -0.135. The van der Waals surface area contributed by atoms with Crippen LogP contribution in [0.5, 0.6) is 0 Å². The van der Waals surface area contributed by atoms with Gasteiger partial charge in [0, 0.05) is 0 Å². The van der Waals surface area contributed by atoms with Crippen molar-refractivity contribution < 1.29 is 9.78 Å². The summed E-state index contributed by atoms with van der Waals surface area (Å²) in [5.74, 6) is 0. The number of unbranched alkanes of at least 4 members (excludes halogenated alkanes) is 2. The molecule has 0 unspecified atom stereocenters. The molecule has 2 heteroatoms. The van der Waals surface area contributed by atoms with Gasteiger partial charge in [-0.05, 0) is 33.1 Å². The molecule has 0 aliphatic carbocycles. The molecule has 0 aliphatic heterocycles. The Balaban J connectivity index is 3.39. The molecule has 0 atom stereocenters. The third-order valence-corrected chi connectivity index (χ3v) is 1.91. The van der Waals surface area contributed by atoms with E-state index >= 15 is 0 Å². The van der Waals surface area contributed by atoms with Crippen LogP contribution in [0.25, 0.3) is 0 Å². The third kappa shape index (κ3) is 8.26. The fourth-order valence-corrected chi connectivity index (χ4v) is 1.01. The first-order valence-corrected chi connectivity index (χ1v) is 5.21. The second-order valence-electron chi connectivity index (χ2n) is 3.97. The van der Waals surface area contributed by atoms with Gasteiger partial charge in [-0.15, -0.1) is 0 Å². The molecular weight excluding hydrogens is 164 g/mol. The van der Waals surface area contributed by atoms with Crippen LogP contribution in [-0.4, -0.2) is 12.2 Å². The monoisotopic (exact) mass is 187 g/mol. The normalized spacial score (nSPS) is 12.0. The molecule has 0 saturated heterocycles. The summed E-state index contributed by atoms with van der Waals surface area (Å²) in [6.07, 6.45) is 6.47. The van der Waals surface area contributed by atoms with Gasteiger partial charge in [-0.1, -0.05) is 26.7 Å². The molecule has 0 aromatic rings. The largest absolute Gasteiger partial charge is 0.236 e. The van der Waals surface area contributed by atoms with Gasteiger partial charge in [-0.2, -0.15) is 0 Å². The molecule has 1 radical (unpaired) electrons. The molecule has 79 valence electrons. The summed E-state index contributed by atoms with van der Waals surface area (Å²) in [4.78, 5) is 10.4. The Bertz CT molecular complexity index is 111. The van der Waals surface area contributed by atoms with E-state index in [1.54, 1.807) is 0 Å². The quantitative estimate of drug-likeness (QED) is 0.329. The van der Waals surface area contributed by atoms with E-state index < -0.39 is 0 Å². The molecule has 0 amide bonds. The Morgan fingerprint density at radius 2 is 2.00 bits per heavy atom. The van der Waals surface area contributed by atoms with Crippen molar-refractivity contribution in [2.75, 3.05) is 6.61 Å². The van der Waals surface area contributed by atoms with E-state index in [2.05, 4.69) is 27.2 Å². The topological polar surface area (TPSA) is 18.5 Å². The zero-order valence-corrected chi connectivity index (χ0v) is 9.43. The first kappa shape index (κ1) is 12.9. The van der Waals surface area contributed by atoms with Crippen molar-refractivity contribution in [2.24, 2.45) is 0 Å². The molecule has 0 rings (SSSR count). The van der Waals surface area contributed by atoms with E-state index in [0.29, 0.717) is 6.61 Å². The standard InChI is InChI=1S/C11H23O2/c1-5-7-9-11(3,4)13-12-10-8-6-2/h6H,5,7-10H2,1-4H3. The Kier molecular flexibility index (Phi) is 7.29. The van der Waals surface area contributed by atoms with Gasteiger partial charge >= 0.3 is 0 Å². The minimum absolute atomic E-state index is 0.135. The minimum atomic E-state index is -0.135. The fourth-order valence-electron chi connectivity index (χ4n) is 1.01. The van der Waals surface area contributed by atoms with Crippen LogP contribution < -0.4 is 0 Å². The van der Waals surface area contributed by atoms with Crippen molar-refractivity contribution in [1.29, 1.82) is 0 Å². The van der Waals surface area contributed by atoms with Crippen LogP contribution in [-0.2, 0) is 9.78 Å². The summed E-state index contributed by atoms with van der Waals surface area (Å²) < 4.78 is 0. The highest BCUT2D eigenvalue weighted by Gasteiger charge is 2.18. The zero-order valence-electron chi connectivity index (χ0n) is 9.43. The van der Waals surface area contributed by atoms with Crippen LogP contribution in [0.4, 0.5) is 0 Å². The van der Waals surface area contributed by atoms with E-state index in [0.717, 1.165) is 12.8 Å². The molecule has 2 nitrogen and oxygen atoms in total. The Labute approximate surface area is 82.5 Å². The smallest absolute Gasteiger partial charge is 0.0980 e. The van der Waals surface area contributed by atoms with Crippen molar-refractivity contribution in [3.8, 4) is 0 Å². The van der Waals surface area contributed by atoms with Gasteiger partial charge in [0.05, 0.1) is 12.2 Å². The molecule has 0 spiro atoms. The number of rotatable bonds is 8. The third-order valence-electron chi connectivity index (χ3n) is 1.91. The van der Waals surface area contributed by atoms with E-state index in [-0.39, 0.29) is 5.60 Å². The first-order chi connectivity index (χ1) is 6.12. The second kappa shape index (κ2) is 7.34. The van der Waals surface area contributed by atoms with Crippen molar-refractivity contribution >= 4 is 0 Å². The van der Waals surface area contributed by atoms with Gasteiger partial charge in [0.25, 0.3) is 0 Å². The lowest BCUT2D eigenvalue weighted by molar-refractivity contribution is -0.354. The van der Waals surface area contributed by atoms with Gasteiger partial charge in [0.15, 0.2) is 0 Å². The molecule has 0 heterocycles. The lowest BCUT2D eigenvalue weighted by atomic mass is 10.0. The van der Waals surface area contributed by atoms with Crippen LogP contribution in [0.3, 0.4) is 0 Å². The van der Waals surface area contributed by atoms with Crippen molar-refractivity contribution in [2.45, 2.75) is 59.0 Å². The summed E-state index contributed by atoms with van der Waals surface area (Å²) in [6, 6.07) is 0. The summed E-state index contributed by atoms with van der Waals surface area (Å²) in [7, 11) is 0. The van der Waals surface area contributed by atoms with E-state index in [1.807, 2.05) is 6.92 Å². The molecule has 0 saturated carbocycles. The maximum atomic E-state index is 5.31. The summed E-state index contributed by atoms with van der Waals surface area (Å²) in [5, 5.41) is 0. The van der Waals surface area contributed by atoms with E-state index in [4.69, 9.17) is 9.78 Å². The highest BCUT2D eigenvalue weighted by atomic mass is 17.2. The van der Waals surface area contributed by atoms with E-state index in [9.17, 15) is 0 Å². The SMILES string of the molecule is C[CH]CCOOC(C)(C)CCCC. The van der Waals surface area contributed by atoms with Crippen molar-refractivity contribution in [3.05, 3.63) is 6.42 Å². The number of hydrogen-bond donors (Lipinski definition) is 0. The zero-order chi connectivity index (χ0) is 10.2. The molecule has 0 N–H and O–H groups in total. The van der Waals surface area contributed by atoms with Crippen LogP contribution in [0, 0.1) is 6.42 Å². The lowest BCUT2D eigenvalue weighted by Gasteiger charge is -2.23. The average Bonchev–Trinajstić information content (AvgIpc) is 2.09. The molecule has 13 heavy (non-hydrogen) atoms. The molecule has 0 aromatic carbocycles. The Hall–Kier alpha value is -0.0800. The second-order valence-corrected chi connectivity index (χ2v) is 3.97. The highest BCUT2D eigenvalue weighted by Crippen LogP contribution is 2.18. The maximum Gasteiger partial charge on any atom is 0.0980 e. The van der Waals surface area contributed by atoms with Gasteiger partial charge in [0.2, 0.25) is 0 Å². The van der Waals surface area contributed by atoms with Crippen molar-refractivity contribution in [3.63, 3.8) is 0 Å². The Morgan fingerprint density at radius 1 is 1.31 bits per heavy atom. The Morgan fingerprint density at radius 3 is 2.54 bits per heavy atom. The van der Waals surface area contributed by atoms with Gasteiger partial charge in [-0.25, -0.2) is 9.78 Å². The average molecular weight is 187 g/mol. The summed E-state index contributed by atoms with van der Waals surface area (Å²) in [6.45, 7) is 9.00. The van der Waals surface area contributed by atoms with Crippen LogP contribution in [0.2, 0.25) is 0 Å². The lowest BCUT2D eigenvalue weighted by Crippen LogP contribution is -2.24.